The van der Waals surface area contributed by atoms with Gasteiger partial charge in [-0.2, -0.15) is 0 Å². The zero-order chi connectivity index (χ0) is 16.5. The summed E-state index contributed by atoms with van der Waals surface area (Å²) in [6.07, 6.45) is 6.37. The van der Waals surface area contributed by atoms with Crippen molar-refractivity contribution in [2.75, 3.05) is 18.1 Å². The smallest absolute Gasteiger partial charge is 0.242 e. The van der Waals surface area contributed by atoms with Gasteiger partial charge in [-0.1, -0.05) is 0 Å². The molecule has 24 heavy (non-hydrogen) atoms. The molecule has 2 N–H and O–H groups in total. The number of nitrogens with zero attached hydrogens (tertiary/aromatic N) is 3. The third-order valence-corrected chi connectivity index (χ3v) is 5.85. The van der Waals surface area contributed by atoms with Crippen LogP contribution in [0.25, 0.3) is 10.2 Å². The molecule has 2 fully saturated rings. The predicted molar refractivity (Wildman–Crippen MR) is 94.1 cm³/mol. The van der Waals surface area contributed by atoms with Crippen molar-refractivity contribution in [2.24, 2.45) is 5.92 Å². The number of carbonyl (C=O) groups is 1. The third kappa shape index (κ3) is 2.98. The number of fused-ring (bicyclic) bond motifs is 1. The fourth-order valence-electron chi connectivity index (χ4n) is 3.64. The summed E-state index contributed by atoms with van der Waals surface area (Å²) in [5.74, 6) is 1.47. The molecule has 1 aliphatic heterocycles. The number of nitrogens with one attached hydrogen (secondary N) is 1. The Bertz CT molecular complexity index is 730. The van der Waals surface area contributed by atoms with Gasteiger partial charge in [0.2, 0.25) is 5.91 Å². The zero-order valence-electron chi connectivity index (χ0n) is 13.5. The van der Waals surface area contributed by atoms with Crippen molar-refractivity contribution in [3.05, 3.63) is 17.8 Å². The second-order valence-corrected chi connectivity index (χ2v) is 7.55. The maximum Gasteiger partial charge on any atom is 0.242 e. The van der Waals surface area contributed by atoms with Gasteiger partial charge in [0.05, 0.1) is 5.39 Å². The Morgan fingerprint density at radius 3 is 3.08 bits per heavy atom. The maximum atomic E-state index is 12.8. The Morgan fingerprint density at radius 2 is 2.29 bits per heavy atom. The molecule has 6 nitrogen and oxygen atoms in total. The molecule has 1 aliphatic carbocycles. The van der Waals surface area contributed by atoms with E-state index in [1.807, 2.05) is 11.4 Å². The Kier molecular flexibility index (Phi) is 4.37. The summed E-state index contributed by atoms with van der Waals surface area (Å²) < 4.78 is 0. The Morgan fingerprint density at radius 1 is 1.42 bits per heavy atom. The number of aromatic nitrogens is 2. The Labute approximate surface area is 144 Å². The molecule has 2 unspecified atom stereocenters. The van der Waals surface area contributed by atoms with Gasteiger partial charge in [0.15, 0.2) is 0 Å². The van der Waals surface area contributed by atoms with E-state index in [1.54, 1.807) is 17.7 Å². The molecule has 0 bridgehead atoms. The van der Waals surface area contributed by atoms with E-state index < -0.39 is 0 Å². The van der Waals surface area contributed by atoms with Gasteiger partial charge in [-0.15, -0.1) is 11.3 Å². The number of rotatable bonds is 6. The van der Waals surface area contributed by atoms with Gasteiger partial charge < -0.3 is 15.3 Å². The van der Waals surface area contributed by atoms with E-state index in [2.05, 4.69) is 20.2 Å². The summed E-state index contributed by atoms with van der Waals surface area (Å²) in [5, 5.41) is 15.5. The Balaban J connectivity index is 1.54. The molecule has 2 aliphatic rings. The standard InChI is InChI=1S/C17H22N4O2S/c22-8-5-13(11-3-4-11)20-16(23)14-2-1-7-21(14)15-12-6-9-24-17(12)19-10-18-15/h6,9-11,13-14,22H,1-5,7-8H2,(H,20,23). The molecule has 2 aromatic rings. The van der Waals surface area contributed by atoms with Crippen LogP contribution in [0.1, 0.15) is 32.1 Å². The van der Waals surface area contributed by atoms with Crippen LogP contribution in [0, 0.1) is 5.92 Å². The maximum absolute atomic E-state index is 12.8. The summed E-state index contributed by atoms with van der Waals surface area (Å²) in [4.78, 5) is 24.7. The molecule has 3 heterocycles. The van der Waals surface area contributed by atoms with Crippen LogP contribution < -0.4 is 10.2 Å². The summed E-state index contributed by atoms with van der Waals surface area (Å²) in [5.41, 5.74) is 0. The summed E-state index contributed by atoms with van der Waals surface area (Å²) in [6, 6.07) is 1.96. The highest BCUT2D eigenvalue weighted by Gasteiger charge is 2.37. The summed E-state index contributed by atoms with van der Waals surface area (Å²) in [6.45, 7) is 0.964. The molecule has 2 atom stereocenters. The highest BCUT2D eigenvalue weighted by molar-refractivity contribution is 7.16. The minimum atomic E-state index is -0.178. The minimum absolute atomic E-state index is 0.0693. The molecule has 0 aromatic carbocycles. The SMILES string of the molecule is O=C(NC(CCO)C1CC1)C1CCCN1c1ncnc2sccc12. The average molecular weight is 346 g/mol. The first kappa shape index (κ1) is 15.8. The van der Waals surface area contributed by atoms with Gasteiger partial charge in [-0.3, -0.25) is 4.79 Å². The highest BCUT2D eigenvalue weighted by atomic mass is 32.1. The van der Waals surface area contributed by atoms with Crippen LogP contribution in [-0.4, -0.2) is 46.2 Å². The second-order valence-electron chi connectivity index (χ2n) is 6.65. The lowest BCUT2D eigenvalue weighted by Gasteiger charge is -2.27. The van der Waals surface area contributed by atoms with Crippen molar-refractivity contribution >= 4 is 33.3 Å². The first-order valence-corrected chi connectivity index (χ1v) is 9.52. The number of anilines is 1. The monoisotopic (exact) mass is 346 g/mol. The lowest BCUT2D eigenvalue weighted by Crippen LogP contribution is -2.48. The van der Waals surface area contributed by atoms with Gasteiger partial charge in [-0.25, -0.2) is 9.97 Å². The molecule has 1 amide bonds. The van der Waals surface area contributed by atoms with Crippen molar-refractivity contribution in [3.63, 3.8) is 0 Å². The number of carbonyl (C=O) groups excluding carboxylic acids is 1. The Hall–Kier alpha value is -1.73. The molecule has 0 radical (unpaired) electrons. The number of hydrogen-bond donors (Lipinski definition) is 2. The number of aliphatic hydroxyl groups is 1. The molecular weight excluding hydrogens is 324 g/mol. The van der Waals surface area contributed by atoms with Gasteiger partial charge >= 0.3 is 0 Å². The van der Waals surface area contributed by atoms with E-state index >= 15 is 0 Å². The number of hydrogen-bond acceptors (Lipinski definition) is 6. The molecule has 7 heteroatoms. The van der Waals surface area contributed by atoms with Crippen LogP contribution in [0.2, 0.25) is 0 Å². The average Bonchev–Trinajstić information content (AvgIpc) is 3.11. The lowest BCUT2D eigenvalue weighted by molar-refractivity contribution is -0.123. The van der Waals surface area contributed by atoms with Crippen molar-refractivity contribution < 1.29 is 9.90 Å². The van der Waals surface area contributed by atoms with Gasteiger partial charge in [0.1, 0.15) is 23.0 Å². The first-order chi connectivity index (χ1) is 11.8. The van der Waals surface area contributed by atoms with E-state index in [9.17, 15) is 9.90 Å². The molecule has 4 rings (SSSR count). The van der Waals surface area contributed by atoms with Crippen LogP contribution in [0.15, 0.2) is 17.8 Å². The van der Waals surface area contributed by atoms with E-state index in [0.717, 1.165) is 48.3 Å². The van der Waals surface area contributed by atoms with Crippen LogP contribution in [0.3, 0.4) is 0 Å². The number of thiophene rings is 1. The highest BCUT2D eigenvalue weighted by Crippen LogP contribution is 2.35. The quantitative estimate of drug-likeness (QED) is 0.836. The van der Waals surface area contributed by atoms with Crippen LogP contribution >= 0.6 is 11.3 Å². The van der Waals surface area contributed by atoms with Crippen molar-refractivity contribution in [3.8, 4) is 0 Å². The van der Waals surface area contributed by atoms with E-state index in [-0.39, 0.29) is 24.6 Å². The summed E-state index contributed by atoms with van der Waals surface area (Å²) in [7, 11) is 0. The van der Waals surface area contributed by atoms with E-state index in [4.69, 9.17) is 0 Å². The van der Waals surface area contributed by atoms with Crippen molar-refractivity contribution in [1.29, 1.82) is 0 Å². The largest absolute Gasteiger partial charge is 0.396 e. The predicted octanol–water partition coefficient (Wildman–Crippen LogP) is 1.94. The number of amides is 1. The molecule has 1 saturated carbocycles. The zero-order valence-corrected chi connectivity index (χ0v) is 14.3. The second kappa shape index (κ2) is 6.64. The van der Waals surface area contributed by atoms with Gasteiger partial charge in [0.25, 0.3) is 0 Å². The summed E-state index contributed by atoms with van der Waals surface area (Å²) >= 11 is 1.59. The fraction of sp³-hybridized carbons (Fsp3) is 0.588. The molecule has 2 aromatic heterocycles. The number of aliphatic hydroxyl groups excluding tert-OH is 1. The van der Waals surface area contributed by atoms with Crippen LogP contribution in [-0.2, 0) is 4.79 Å². The van der Waals surface area contributed by atoms with Crippen molar-refractivity contribution in [1.82, 2.24) is 15.3 Å². The van der Waals surface area contributed by atoms with Crippen LogP contribution in [0.5, 0.6) is 0 Å². The molecule has 0 spiro atoms. The fourth-order valence-corrected chi connectivity index (χ4v) is 4.37. The van der Waals surface area contributed by atoms with E-state index in [0.29, 0.717) is 12.3 Å². The normalized spacial score (nSPS) is 22.0. The topological polar surface area (TPSA) is 78.4 Å². The third-order valence-electron chi connectivity index (χ3n) is 5.03. The van der Waals surface area contributed by atoms with Gasteiger partial charge in [0, 0.05) is 19.2 Å². The molecule has 128 valence electrons. The van der Waals surface area contributed by atoms with Crippen molar-refractivity contribution in [2.45, 2.75) is 44.2 Å². The molecular formula is C17H22N4O2S. The van der Waals surface area contributed by atoms with Gasteiger partial charge in [-0.05, 0) is 49.5 Å². The first-order valence-electron chi connectivity index (χ1n) is 8.64. The minimum Gasteiger partial charge on any atom is -0.396 e. The van der Waals surface area contributed by atoms with Crippen LogP contribution in [0.4, 0.5) is 5.82 Å². The van der Waals surface area contributed by atoms with E-state index in [1.165, 1.54) is 0 Å². The molecule has 1 saturated heterocycles. The lowest BCUT2D eigenvalue weighted by atomic mass is 10.1.